The highest BCUT2D eigenvalue weighted by Crippen LogP contribution is 2.30. The fraction of sp³-hybridized carbons (Fsp3) is 0. The van der Waals surface area contributed by atoms with Crippen LogP contribution in [0.15, 0.2) is 52.9 Å². The van der Waals surface area contributed by atoms with Crippen LogP contribution in [0.5, 0.6) is 0 Å². The van der Waals surface area contributed by atoms with Crippen molar-refractivity contribution in [2.45, 2.75) is 0 Å². The number of thiazole rings is 1. The SMILES string of the molecule is O=C(O)c1c[nH]c2ccc(-c3cccc4scnc34)cc2c1=O. The lowest BCUT2D eigenvalue weighted by molar-refractivity contribution is 0.0695. The quantitative estimate of drug-likeness (QED) is 0.591. The van der Waals surface area contributed by atoms with Gasteiger partial charge >= 0.3 is 5.97 Å². The molecular formula is C17H10N2O3S. The van der Waals surface area contributed by atoms with Crippen molar-refractivity contribution in [3.8, 4) is 11.1 Å². The first kappa shape index (κ1) is 13.7. The molecule has 0 bridgehead atoms. The number of carbonyl (C=O) groups is 1. The Morgan fingerprint density at radius 1 is 1.22 bits per heavy atom. The van der Waals surface area contributed by atoms with E-state index in [1.807, 2.05) is 24.3 Å². The van der Waals surface area contributed by atoms with E-state index in [1.165, 1.54) is 6.20 Å². The number of aromatic amines is 1. The fourth-order valence-electron chi connectivity index (χ4n) is 2.66. The first-order chi connectivity index (χ1) is 11.1. The van der Waals surface area contributed by atoms with E-state index < -0.39 is 11.4 Å². The fourth-order valence-corrected chi connectivity index (χ4v) is 3.37. The molecule has 2 aromatic carbocycles. The summed E-state index contributed by atoms with van der Waals surface area (Å²) in [5.74, 6) is -1.24. The van der Waals surface area contributed by atoms with Crippen molar-refractivity contribution in [2.24, 2.45) is 0 Å². The van der Waals surface area contributed by atoms with E-state index in [4.69, 9.17) is 5.11 Å². The zero-order chi connectivity index (χ0) is 16.0. The van der Waals surface area contributed by atoms with Gasteiger partial charge in [-0.05, 0) is 23.8 Å². The Morgan fingerprint density at radius 3 is 2.91 bits per heavy atom. The van der Waals surface area contributed by atoms with E-state index in [1.54, 1.807) is 29.0 Å². The summed E-state index contributed by atoms with van der Waals surface area (Å²) in [6, 6.07) is 11.3. The van der Waals surface area contributed by atoms with Crippen molar-refractivity contribution in [3.05, 3.63) is 63.9 Å². The maximum absolute atomic E-state index is 12.4. The lowest BCUT2D eigenvalue weighted by Gasteiger charge is -2.05. The zero-order valence-corrected chi connectivity index (χ0v) is 12.6. The van der Waals surface area contributed by atoms with Gasteiger partial charge in [0.1, 0.15) is 5.56 Å². The number of aromatic nitrogens is 2. The molecule has 2 heterocycles. The predicted octanol–water partition coefficient (Wildman–Crippen LogP) is 3.50. The number of aromatic carboxylic acids is 1. The van der Waals surface area contributed by atoms with Crippen LogP contribution in [0.2, 0.25) is 0 Å². The van der Waals surface area contributed by atoms with Crippen molar-refractivity contribution < 1.29 is 9.90 Å². The van der Waals surface area contributed by atoms with Crippen molar-refractivity contribution in [3.63, 3.8) is 0 Å². The lowest BCUT2D eigenvalue weighted by atomic mass is 10.0. The van der Waals surface area contributed by atoms with Crippen LogP contribution in [-0.2, 0) is 0 Å². The Labute approximate surface area is 133 Å². The molecule has 0 fully saturated rings. The van der Waals surface area contributed by atoms with Gasteiger partial charge in [-0.15, -0.1) is 11.3 Å². The molecule has 112 valence electrons. The number of hydrogen-bond donors (Lipinski definition) is 2. The first-order valence-electron chi connectivity index (χ1n) is 6.86. The van der Waals surface area contributed by atoms with Crippen LogP contribution in [-0.4, -0.2) is 21.0 Å². The molecule has 23 heavy (non-hydrogen) atoms. The van der Waals surface area contributed by atoms with Crippen molar-refractivity contribution in [1.82, 2.24) is 9.97 Å². The molecule has 2 N–H and O–H groups in total. The standard InChI is InChI=1S/C17H10N2O3S/c20-16-11-6-9(4-5-13(11)18-7-12(16)17(21)22)10-2-1-3-14-15(10)19-8-23-14/h1-8H,(H,18,20)(H,21,22). The van der Waals surface area contributed by atoms with Gasteiger partial charge in [-0.1, -0.05) is 18.2 Å². The summed E-state index contributed by atoms with van der Waals surface area (Å²) in [5, 5.41) is 9.45. The van der Waals surface area contributed by atoms with Crippen molar-refractivity contribution in [2.75, 3.05) is 0 Å². The van der Waals surface area contributed by atoms with Gasteiger partial charge in [0.05, 0.1) is 15.7 Å². The number of carboxylic acid groups (broad SMARTS) is 1. The van der Waals surface area contributed by atoms with E-state index in [-0.39, 0.29) is 5.56 Å². The number of hydrogen-bond acceptors (Lipinski definition) is 4. The van der Waals surface area contributed by atoms with Gasteiger partial charge in [-0.3, -0.25) is 4.79 Å². The van der Waals surface area contributed by atoms with Crippen LogP contribution in [0.3, 0.4) is 0 Å². The minimum absolute atomic E-state index is 0.262. The Bertz CT molecular complexity index is 1130. The van der Waals surface area contributed by atoms with Gasteiger partial charge < -0.3 is 10.1 Å². The number of carboxylic acids is 1. The second-order valence-corrected chi connectivity index (χ2v) is 5.99. The van der Waals surface area contributed by atoms with Crippen molar-refractivity contribution in [1.29, 1.82) is 0 Å². The molecule has 6 heteroatoms. The van der Waals surface area contributed by atoms with E-state index in [9.17, 15) is 9.59 Å². The second-order valence-electron chi connectivity index (χ2n) is 5.10. The Hall–Kier alpha value is -2.99. The van der Waals surface area contributed by atoms with Gasteiger partial charge in [-0.25, -0.2) is 9.78 Å². The van der Waals surface area contributed by atoms with Gasteiger partial charge in [-0.2, -0.15) is 0 Å². The molecule has 4 aromatic rings. The molecule has 0 saturated carbocycles. The smallest absolute Gasteiger partial charge is 0.341 e. The average Bonchev–Trinajstić information content (AvgIpc) is 3.03. The summed E-state index contributed by atoms with van der Waals surface area (Å²) in [7, 11) is 0. The molecule has 0 aliphatic rings. The number of nitrogens with zero attached hydrogens (tertiary/aromatic N) is 1. The molecular weight excluding hydrogens is 312 g/mol. The Kier molecular flexibility index (Phi) is 2.99. The summed E-state index contributed by atoms with van der Waals surface area (Å²) < 4.78 is 1.07. The third-order valence-corrected chi connectivity index (χ3v) is 4.58. The summed E-state index contributed by atoms with van der Waals surface area (Å²) in [5.41, 5.74) is 4.27. The zero-order valence-electron chi connectivity index (χ0n) is 11.7. The number of para-hydroxylation sites is 1. The first-order valence-corrected chi connectivity index (χ1v) is 7.74. The van der Waals surface area contributed by atoms with Crippen LogP contribution >= 0.6 is 11.3 Å². The maximum Gasteiger partial charge on any atom is 0.341 e. The Balaban J connectivity index is 2.02. The molecule has 0 amide bonds. The van der Waals surface area contributed by atoms with Gasteiger partial charge in [0.25, 0.3) is 0 Å². The van der Waals surface area contributed by atoms with Crippen LogP contribution in [0.4, 0.5) is 0 Å². The summed E-state index contributed by atoms with van der Waals surface area (Å²) in [6.45, 7) is 0. The van der Waals surface area contributed by atoms with Crippen LogP contribution < -0.4 is 5.43 Å². The minimum Gasteiger partial charge on any atom is -0.477 e. The number of pyridine rings is 1. The third-order valence-electron chi connectivity index (χ3n) is 3.78. The molecule has 0 unspecified atom stereocenters. The molecule has 4 rings (SSSR count). The minimum atomic E-state index is -1.24. The second kappa shape index (κ2) is 5.03. The molecule has 0 aliphatic carbocycles. The highest BCUT2D eigenvalue weighted by molar-refractivity contribution is 7.16. The summed E-state index contributed by atoms with van der Waals surface area (Å²) in [4.78, 5) is 30.7. The number of fused-ring (bicyclic) bond motifs is 2. The topological polar surface area (TPSA) is 83.0 Å². The number of H-pyrrole nitrogens is 1. The van der Waals surface area contributed by atoms with E-state index in [2.05, 4.69) is 9.97 Å². The lowest BCUT2D eigenvalue weighted by Crippen LogP contribution is -2.15. The summed E-state index contributed by atoms with van der Waals surface area (Å²) in [6.07, 6.45) is 1.23. The third kappa shape index (κ3) is 2.11. The van der Waals surface area contributed by atoms with E-state index in [0.717, 1.165) is 21.3 Å². The van der Waals surface area contributed by atoms with E-state index in [0.29, 0.717) is 10.9 Å². The molecule has 0 aliphatic heterocycles. The van der Waals surface area contributed by atoms with Crippen LogP contribution in [0, 0.1) is 0 Å². The van der Waals surface area contributed by atoms with E-state index >= 15 is 0 Å². The molecule has 0 saturated heterocycles. The van der Waals surface area contributed by atoms with Gasteiger partial charge in [0.2, 0.25) is 5.43 Å². The summed E-state index contributed by atoms with van der Waals surface area (Å²) >= 11 is 1.55. The van der Waals surface area contributed by atoms with Gasteiger partial charge in [0.15, 0.2) is 0 Å². The number of nitrogens with one attached hydrogen (secondary N) is 1. The highest BCUT2D eigenvalue weighted by atomic mass is 32.1. The monoisotopic (exact) mass is 322 g/mol. The normalized spacial score (nSPS) is 11.1. The molecule has 2 aromatic heterocycles. The van der Waals surface area contributed by atoms with Crippen LogP contribution in [0.25, 0.3) is 32.2 Å². The van der Waals surface area contributed by atoms with Gasteiger partial charge in [0, 0.05) is 22.7 Å². The highest BCUT2D eigenvalue weighted by Gasteiger charge is 2.13. The largest absolute Gasteiger partial charge is 0.477 e. The Morgan fingerprint density at radius 2 is 2.09 bits per heavy atom. The predicted molar refractivity (Wildman–Crippen MR) is 90.1 cm³/mol. The maximum atomic E-state index is 12.4. The number of benzene rings is 2. The molecule has 0 atom stereocenters. The number of rotatable bonds is 2. The molecule has 0 spiro atoms. The molecule has 0 radical (unpaired) electrons. The average molecular weight is 322 g/mol. The van der Waals surface area contributed by atoms with Crippen LogP contribution in [0.1, 0.15) is 10.4 Å². The molecule has 5 nitrogen and oxygen atoms in total. The van der Waals surface area contributed by atoms with Crippen molar-refractivity contribution >= 4 is 38.4 Å².